The Labute approximate surface area is 189 Å². The molecule has 3 aliphatic heterocycles. The Kier molecular flexibility index (Phi) is 7.04. The highest BCUT2D eigenvalue weighted by atomic mass is 16.2. The molecule has 0 spiro atoms. The average Bonchev–Trinajstić information content (AvgIpc) is 3.10. The summed E-state index contributed by atoms with van der Waals surface area (Å²) in [4.78, 5) is 48.0. The number of amides is 3. The van der Waals surface area contributed by atoms with Crippen molar-refractivity contribution in [1.82, 2.24) is 20.1 Å². The van der Waals surface area contributed by atoms with Crippen LogP contribution in [0, 0.1) is 6.92 Å². The number of aliphatic imine (C=N–C) groups is 1. The number of nitrogens with zero attached hydrogens (tertiary/aromatic N) is 5. The third kappa shape index (κ3) is 5.27. The topological polar surface area (TPSA) is 88.6 Å². The van der Waals surface area contributed by atoms with Crippen LogP contribution < -0.4 is 10.4 Å². The molecule has 0 aliphatic carbocycles. The Bertz CT molecular complexity index is 868. The highest BCUT2D eigenvalue weighted by molar-refractivity contribution is 6.39. The van der Waals surface area contributed by atoms with E-state index in [-0.39, 0.29) is 30.1 Å². The lowest BCUT2D eigenvalue weighted by Gasteiger charge is -2.36. The Morgan fingerprint density at radius 2 is 1.56 bits per heavy atom. The Morgan fingerprint density at radius 1 is 0.906 bits per heavy atom. The Morgan fingerprint density at radius 3 is 2.22 bits per heavy atom. The van der Waals surface area contributed by atoms with E-state index in [2.05, 4.69) is 15.3 Å². The van der Waals surface area contributed by atoms with Crippen molar-refractivity contribution < 1.29 is 14.4 Å². The normalized spacial score (nSPS) is 20.5. The summed E-state index contributed by atoms with van der Waals surface area (Å²) in [6.07, 6.45) is 4.58. The fourth-order valence-electron chi connectivity index (χ4n) is 4.31. The molecule has 3 amide bonds. The van der Waals surface area contributed by atoms with Crippen molar-refractivity contribution in [2.45, 2.75) is 32.6 Å². The molecule has 1 aromatic rings. The van der Waals surface area contributed by atoms with Gasteiger partial charge in [0.15, 0.2) is 0 Å². The van der Waals surface area contributed by atoms with Crippen LogP contribution in [-0.4, -0.2) is 90.6 Å². The molecule has 0 saturated carbocycles. The van der Waals surface area contributed by atoms with E-state index in [0.29, 0.717) is 38.4 Å². The number of amidine groups is 1. The van der Waals surface area contributed by atoms with Crippen LogP contribution in [0.3, 0.4) is 0 Å². The smallest absolute Gasteiger partial charge is 0.290 e. The SMILES string of the molecule is Cc1ccc(N2NC(C(=O)N3CCN(CC(=O)N4CCCCCC4)CC3)=NCC2=O)cc1. The second-order valence-corrected chi connectivity index (χ2v) is 8.70. The van der Waals surface area contributed by atoms with Crippen molar-refractivity contribution in [3.63, 3.8) is 0 Å². The third-order valence-electron chi connectivity index (χ3n) is 6.31. The van der Waals surface area contributed by atoms with E-state index in [9.17, 15) is 14.4 Å². The van der Waals surface area contributed by atoms with E-state index >= 15 is 0 Å². The van der Waals surface area contributed by atoms with E-state index in [1.165, 1.54) is 17.9 Å². The van der Waals surface area contributed by atoms with Gasteiger partial charge in [-0.15, -0.1) is 0 Å². The van der Waals surface area contributed by atoms with Gasteiger partial charge in [-0.25, -0.2) is 5.01 Å². The molecular weight excluding hydrogens is 408 g/mol. The zero-order valence-corrected chi connectivity index (χ0v) is 18.8. The van der Waals surface area contributed by atoms with Crippen LogP contribution in [0.1, 0.15) is 31.2 Å². The first-order valence-corrected chi connectivity index (χ1v) is 11.5. The fourth-order valence-corrected chi connectivity index (χ4v) is 4.31. The van der Waals surface area contributed by atoms with Gasteiger partial charge in [0, 0.05) is 39.3 Å². The maximum Gasteiger partial charge on any atom is 0.290 e. The molecule has 0 atom stereocenters. The molecule has 0 radical (unpaired) electrons. The molecule has 1 N–H and O–H groups in total. The van der Waals surface area contributed by atoms with Gasteiger partial charge in [0.05, 0.1) is 12.2 Å². The minimum Gasteiger partial charge on any atom is -0.342 e. The van der Waals surface area contributed by atoms with Gasteiger partial charge in [-0.1, -0.05) is 30.5 Å². The number of nitrogens with one attached hydrogen (secondary N) is 1. The van der Waals surface area contributed by atoms with E-state index in [1.54, 1.807) is 4.90 Å². The zero-order chi connectivity index (χ0) is 22.5. The lowest BCUT2D eigenvalue weighted by molar-refractivity contribution is -0.133. The number of hydrazine groups is 1. The number of benzene rings is 1. The average molecular weight is 441 g/mol. The Hall–Kier alpha value is -2.94. The number of hydrogen-bond donors (Lipinski definition) is 1. The molecule has 0 bridgehead atoms. The third-order valence-corrected chi connectivity index (χ3v) is 6.31. The zero-order valence-electron chi connectivity index (χ0n) is 18.8. The summed E-state index contributed by atoms with van der Waals surface area (Å²) in [6, 6.07) is 7.52. The summed E-state index contributed by atoms with van der Waals surface area (Å²) in [6.45, 7) is 6.42. The minimum atomic E-state index is -0.215. The summed E-state index contributed by atoms with van der Waals surface area (Å²) in [5.74, 6) is -0.0492. The molecule has 172 valence electrons. The van der Waals surface area contributed by atoms with Crippen LogP contribution >= 0.6 is 0 Å². The second kappa shape index (κ2) is 10.1. The molecule has 4 rings (SSSR count). The summed E-state index contributed by atoms with van der Waals surface area (Å²) in [7, 11) is 0. The Balaban J connectivity index is 1.29. The van der Waals surface area contributed by atoms with Crippen molar-refractivity contribution >= 4 is 29.2 Å². The molecule has 2 fully saturated rings. The number of rotatable bonds is 4. The molecule has 3 aliphatic rings. The van der Waals surface area contributed by atoms with Crippen molar-refractivity contribution in [2.75, 3.05) is 57.4 Å². The van der Waals surface area contributed by atoms with Gasteiger partial charge < -0.3 is 9.80 Å². The van der Waals surface area contributed by atoms with Gasteiger partial charge >= 0.3 is 0 Å². The summed E-state index contributed by atoms with van der Waals surface area (Å²) < 4.78 is 0. The predicted octanol–water partition coefficient (Wildman–Crippen LogP) is 0.792. The minimum absolute atomic E-state index is 0.0632. The van der Waals surface area contributed by atoms with Crippen molar-refractivity contribution in [1.29, 1.82) is 0 Å². The first kappa shape index (κ1) is 22.3. The van der Waals surface area contributed by atoms with Crippen molar-refractivity contribution in [3.8, 4) is 0 Å². The number of anilines is 1. The van der Waals surface area contributed by atoms with Crippen LogP contribution in [0.2, 0.25) is 0 Å². The number of carbonyl (C=O) groups excluding carboxylic acids is 3. The van der Waals surface area contributed by atoms with Gasteiger partial charge in [0.1, 0.15) is 6.54 Å². The molecule has 1 aromatic carbocycles. The van der Waals surface area contributed by atoms with Crippen LogP contribution in [0.4, 0.5) is 5.69 Å². The maximum atomic E-state index is 13.0. The van der Waals surface area contributed by atoms with Gasteiger partial charge in [-0.3, -0.25) is 29.7 Å². The van der Waals surface area contributed by atoms with Gasteiger partial charge in [-0.05, 0) is 31.9 Å². The molecule has 32 heavy (non-hydrogen) atoms. The second-order valence-electron chi connectivity index (χ2n) is 8.70. The monoisotopic (exact) mass is 440 g/mol. The lowest BCUT2D eigenvalue weighted by Crippen LogP contribution is -2.59. The number of likely N-dealkylation sites (tertiary alicyclic amines) is 1. The summed E-state index contributed by atoms with van der Waals surface area (Å²) >= 11 is 0. The molecule has 0 unspecified atom stereocenters. The number of piperazine rings is 1. The molecule has 0 aromatic heterocycles. The van der Waals surface area contributed by atoms with Crippen LogP contribution in [0.25, 0.3) is 0 Å². The highest BCUT2D eigenvalue weighted by Crippen LogP contribution is 2.16. The fraction of sp³-hybridized carbons (Fsp3) is 0.565. The van der Waals surface area contributed by atoms with Gasteiger partial charge in [0.2, 0.25) is 11.7 Å². The van der Waals surface area contributed by atoms with E-state index in [0.717, 1.165) is 31.5 Å². The summed E-state index contributed by atoms with van der Waals surface area (Å²) in [5.41, 5.74) is 4.67. The van der Waals surface area contributed by atoms with E-state index < -0.39 is 0 Å². The van der Waals surface area contributed by atoms with E-state index in [4.69, 9.17) is 0 Å². The van der Waals surface area contributed by atoms with Crippen molar-refractivity contribution in [3.05, 3.63) is 29.8 Å². The largest absolute Gasteiger partial charge is 0.342 e. The summed E-state index contributed by atoms with van der Waals surface area (Å²) in [5, 5.41) is 1.38. The predicted molar refractivity (Wildman–Crippen MR) is 122 cm³/mol. The van der Waals surface area contributed by atoms with Crippen LogP contribution in [0.5, 0.6) is 0 Å². The highest BCUT2D eigenvalue weighted by Gasteiger charge is 2.31. The van der Waals surface area contributed by atoms with Crippen LogP contribution in [-0.2, 0) is 14.4 Å². The molecule has 3 heterocycles. The molecule has 9 heteroatoms. The molecular formula is C23H32N6O3. The first-order valence-electron chi connectivity index (χ1n) is 11.5. The first-order chi connectivity index (χ1) is 15.5. The standard InChI is InChI=1S/C23H32N6O3/c1-18-6-8-19(9-7-18)29-20(30)16-24-22(25-29)23(32)28-14-12-26(13-15-28)17-21(31)27-10-4-2-3-5-11-27/h6-9H,2-5,10-17H2,1H3,(H,24,25). The lowest BCUT2D eigenvalue weighted by atomic mass is 10.2. The molecule has 2 saturated heterocycles. The van der Waals surface area contributed by atoms with Crippen LogP contribution in [0.15, 0.2) is 29.3 Å². The van der Waals surface area contributed by atoms with Gasteiger partial charge in [0.25, 0.3) is 11.8 Å². The number of aryl methyl sites for hydroxylation is 1. The quantitative estimate of drug-likeness (QED) is 0.748. The molecule has 9 nitrogen and oxygen atoms in total. The van der Waals surface area contributed by atoms with Gasteiger partial charge in [-0.2, -0.15) is 0 Å². The van der Waals surface area contributed by atoms with E-state index in [1.807, 2.05) is 36.1 Å². The number of carbonyl (C=O) groups is 3. The maximum absolute atomic E-state index is 13.0. The number of hydrogen-bond acceptors (Lipinski definition) is 6. The van der Waals surface area contributed by atoms with Crippen molar-refractivity contribution in [2.24, 2.45) is 4.99 Å².